The summed E-state index contributed by atoms with van der Waals surface area (Å²) in [6.45, 7) is 3.10. The van der Waals surface area contributed by atoms with Crippen LogP contribution >= 0.6 is 0 Å². The second kappa shape index (κ2) is 8.30. The first-order valence-electron chi connectivity index (χ1n) is 9.57. The topological polar surface area (TPSA) is 82.4 Å². The van der Waals surface area contributed by atoms with Crippen molar-refractivity contribution in [3.63, 3.8) is 0 Å². The average molecular weight is 393 g/mol. The van der Waals surface area contributed by atoms with Gasteiger partial charge in [-0.1, -0.05) is 18.2 Å². The summed E-state index contributed by atoms with van der Waals surface area (Å²) in [4.78, 5) is 23.3. The lowest BCUT2D eigenvalue weighted by Crippen LogP contribution is -2.44. The van der Waals surface area contributed by atoms with Crippen LogP contribution < -0.4 is 9.47 Å². The van der Waals surface area contributed by atoms with E-state index in [4.69, 9.17) is 9.47 Å². The largest absolute Gasteiger partial charge is 0.480 e. The highest BCUT2D eigenvalue weighted by molar-refractivity contribution is 5.95. The molecule has 0 N–H and O–H groups in total. The summed E-state index contributed by atoms with van der Waals surface area (Å²) < 4.78 is 12.8. The Kier molecular flexibility index (Phi) is 5.41. The number of ether oxygens (including phenoxy) is 2. The van der Waals surface area contributed by atoms with Gasteiger partial charge in [0, 0.05) is 6.54 Å². The Morgan fingerprint density at radius 1 is 1.14 bits per heavy atom. The maximum Gasteiger partial charge on any atom is 0.257 e. The number of likely N-dealkylation sites (tertiary alicyclic amines) is 1. The van der Waals surface area contributed by atoms with Crippen LogP contribution in [0.15, 0.2) is 48.9 Å². The zero-order valence-electron chi connectivity index (χ0n) is 16.5. The Morgan fingerprint density at radius 3 is 2.72 bits per heavy atom. The molecule has 1 amide bonds. The van der Waals surface area contributed by atoms with Gasteiger partial charge in [-0.3, -0.25) is 9.78 Å². The van der Waals surface area contributed by atoms with Crippen LogP contribution in [0.25, 0.3) is 5.69 Å². The third kappa shape index (κ3) is 4.06. The summed E-state index contributed by atoms with van der Waals surface area (Å²) in [6.07, 6.45) is 6.29. The molecule has 3 aromatic rings. The molecule has 1 unspecified atom stereocenters. The molecule has 1 fully saturated rings. The Labute approximate surface area is 169 Å². The number of methoxy groups -OCH3 is 1. The summed E-state index contributed by atoms with van der Waals surface area (Å²) in [7, 11) is 1.53. The van der Waals surface area contributed by atoms with Crippen molar-refractivity contribution < 1.29 is 14.3 Å². The van der Waals surface area contributed by atoms with Crippen LogP contribution in [0.2, 0.25) is 0 Å². The molecular weight excluding hydrogens is 370 g/mol. The lowest BCUT2D eigenvalue weighted by Gasteiger charge is -2.32. The minimum Gasteiger partial charge on any atom is -0.480 e. The molecule has 0 radical (unpaired) electrons. The van der Waals surface area contributed by atoms with E-state index in [1.165, 1.54) is 13.3 Å². The summed E-state index contributed by atoms with van der Waals surface area (Å²) in [5, 5.41) is 4.41. The molecule has 3 heterocycles. The molecule has 8 heteroatoms. The van der Waals surface area contributed by atoms with Gasteiger partial charge in [-0.2, -0.15) is 10.1 Å². The van der Waals surface area contributed by atoms with E-state index in [9.17, 15) is 4.79 Å². The molecule has 1 aromatic carbocycles. The van der Waals surface area contributed by atoms with E-state index < -0.39 is 0 Å². The van der Waals surface area contributed by atoms with E-state index in [2.05, 4.69) is 15.1 Å². The van der Waals surface area contributed by atoms with Crippen LogP contribution in [0, 0.1) is 6.92 Å². The third-order valence-corrected chi connectivity index (χ3v) is 4.99. The Balaban J connectivity index is 1.47. The van der Waals surface area contributed by atoms with Gasteiger partial charge in [0.25, 0.3) is 5.91 Å². The van der Waals surface area contributed by atoms with Gasteiger partial charge in [0.1, 0.15) is 6.10 Å². The number of benzene rings is 1. The molecule has 29 heavy (non-hydrogen) atoms. The van der Waals surface area contributed by atoms with E-state index in [1.54, 1.807) is 17.1 Å². The number of nitrogens with zero attached hydrogens (tertiary/aromatic N) is 5. The number of amides is 1. The Morgan fingerprint density at radius 2 is 1.93 bits per heavy atom. The van der Waals surface area contributed by atoms with Crippen LogP contribution in [-0.2, 0) is 0 Å². The van der Waals surface area contributed by atoms with E-state index in [1.807, 2.05) is 42.2 Å². The predicted octanol–water partition coefficient (Wildman–Crippen LogP) is 2.66. The predicted molar refractivity (Wildman–Crippen MR) is 106 cm³/mol. The number of hydrogen-bond acceptors (Lipinski definition) is 6. The maximum absolute atomic E-state index is 13.1. The number of rotatable bonds is 5. The smallest absolute Gasteiger partial charge is 0.257 e. The molecule has 0 saturated carbocycles. The highest BCUT2D eigenvalue weighted by Gasteiger charge is 2.28. The molecule has 0 spiro atoms. The molecule has 150 valence electrons. The first kappa shape index (κ1) is 18.9. The quantitative estimate of drug-likeness (QED) is 0.663. The van der Waals surface area contributed by atoms with Gasteiger partial charge in [0.2, 0.25) is 11.8 Å². The molecular formula is C21H23N5O3. The summed E-state index contributed by atoms with van der Waals surface area (Å²) in [5.74, 6) is 0.765. The number of piperidine rings is 1. The van der Waals surface area contributed by atoms with Crippen molar-refractivity contribution in [3.8, 4) is 17.4 Å². The fourth-order valence-electron chi connectivity index (χ4n) is 3.50. The molecule has 1 saturated heterocycles. The number of carbonyl (C=O) groups excluding carboxylic acids is 1. The number of aromatic nitrogens is 4. The minimum absolute atomic E-state index is 0.0327. The fraction of sp³-hybridized carbons (Fsp3) is 0.333. The lowest BCUT2D eigenvalue weighted by atomic mass is 10.1. The van der Waals surface area contributed by atoms with Crippen molar-refractivity contribution in [1.29, 1.82) is 0 Å². The van der Waals surface area contributed by atoms with Crippen LogP contribution in [0.3, 0.4) is 0 Å². The summed E-state index contributed by atoms with van der Waals surface area (Å²) in [5.41, 5.74) is 2.36. The van der Waals surface area contributed by atoms with E-state index in [0.29, 0.717) is 30.4 Å². The normalized spacial score (nSPS) is 16.5. The molecule has 0 aliphatic carbocycles. The lowest BCUT2D eigenvalue weighted by molar-refractivity contribution is 0.0524. The molecule has 0 bridgehead atoms. The van der Waals surface area contributed by atoms with Crippen molar-refractivity contribution in [2.45, 2.75) is 25.9 Å². The van der Waals surface area contributed by atoms with Crippen molar-refractivity contribution >= 4 is 5.91 Å². The third-order valence-electron chi connectivity index (χ3n) is 4.99. The van der Waals surface area contributed by atoms with E-state index in [-0.39, 0.29) is 12.0 Å². The second-order valence-corrected chi connectivity index (χ2v) is 6.92. The van der Waals surface area contributed by atoms with Gasteiger partial charge in [0.15, 0.2) is 0 Å². The van der Waals surface area contributed by atoms with Crippen LogP contribution in [-0.4, -0.2) is 56.9 Å². The van der Waals surface area contributed by atoms with Gasteiger partial charge in [-0.05, 0) is 31.9 Å². The average Bonchev–Trinajstić information content (AvgIpc) is 3.15. The van der Waals surface area contributed by atoms with Crippen LogP contribution in [0.5, 0.6) is 11.8 Å². The standard InChI is InChI=1S/C21H23N5O3/c1-15-18(11-23-26(15)16-7-4-3-5-8-16)21(27)25-10-6-9-17(14-25)29-20-13-22-12-19(24-20)28-2/h3-5,7-8,11-13,17H,6,9-10,14H2,1-2H3. The SMILES string of the molecule is COc1cncc(OC2CCCN(C(=O)c3cnn(-c4ccccc4)c3C)C2)n1. The zero-order chi connectivity index (χ0) is 20.2. The van der Waals surface area contributed by atoms with Gasteiger partial charge in [0.05, 0.1) is 49.2 Å². The number of para-hydroxylation sites is 1. The summed E-state index contributed by atoms with van der Waals surface area (Å²) >= 11 is 0. The first-order valence-corrected chi connectivity index (χ1v) is 9.57. The van der Waals surface area contributed by atoms with E-state index in [0.717, 1.165) is 24.2 Å². The maximum atomic E-state index is 13.1. The van der Waals surface area contributed by atoms with Gasteiger partial charge < -0.3 is 14.4 Å². The molecule has 8 nitrogen and oxygen atoms in total. The fourth-order valence-corrected chi connectivity index (χ4v) is 3.50. The van der Waals surface area contributed by atoms with Crippen molar-refractivity contribution in [2.75, 3.05) is 20.2 Å². The number of carbonyl (C=O) groups is 1. The van der Waals surface area contributed by atoms with Crippen molar-refractivity contribution in [1.82, 2.24) is 24.6 Å². The molecule has 1 atom stereocenters. The molecule has 1 aliphatic heterocycles. The second-order valence-electron chi connectivity index (χ2n) is 6.92. The van der Waals surface area contributed by atoms with Gasteiger partial charge in [-0.15, -0.1) is 0 Å². The first-order chi connectivity index (χ1) is 14.2. The van der Waals surface area contributed by atoms with Crippen LogP contribution in [0.1, 0.15) is 28.9 Å². The molecule has 4 rings (SSSR count). The molecule has 2 aromatic heterocycles. The number of hydrogen-bond donors (Lipinski definition) is 0. The minimum atomic E-state index is -0.140. The summed E-state index contributed by atoms with van der Waals surface area (Å²) in [6, 6.07) is 9.79. The zero-order valence-corrected chi connectivity index (χ0v) is 16.5. The Bertz CT molecular complexity index is 989. The van der Waals surface area contributed by atoms with Crippen molar-refractivity contribution in [2.24, 2.45) is 0 Å². The van der Waals surface area contributed by atoms with E-state index >= 15 is 0 Å². The molecule has 1 aliphatic rings. The highest BCUT2D eigenvalue weighted by Crippen LogP contribution is 2.21. The van der Waals surface area contributed by atoms with Gasteiger partial charge in [-0.25, -0.2) is 4.68 Å². The highest BCUT2D eigenvalue weighted by atomic mass is 16.5. The van der Waals surface area contributed by atoms with Crippen LogP contribution in [0.4, 0.5) is 0 Å². The van der Waals surface area contributed by atoms with Crippen molar-refractivity contribution in [3.05, 3.63) is 60.2 Å². The monoisotopic (exact) mass is 393 g/mol. The van der Waals surface area contributed by atoms with Gasteiger partial charge >= 0.3 is 0 Å². The Hall–Kier alpha value is -3.42.